The number of carbonyl (C=O) groups is 1. The molecule has 1 amide bonds. The number of amides is 1. The second-order valence-corrected chi connectivity index (χ2v) is 4.86. The maximum atomic E-state index is 11.6. The van der Waals surface area contributed by atoms with Gasteiger partial charge in [-0.15, -0.1) is 24.2 Å². The first-order chi connectivity index (χ1) is 8.17. The molecule has 0 aliphatic rings. The van der Waals surface area contributed by atoms with Gasteiger partial charge in [-0.05, 0) is 44.5 Å². The third-order valence-corrected chi connectivity index (χ3v) is 3.49. The molecule has 2 N–H and O–H groups in total. The molecule has 0 bridgehead atoms. The van der Waals surface area contributed by atoms with E-state index in [0.717, 1.165) is 23.5 Å². The molecule has 0 fully saturated rings. The van der Waals surface area contributed by atoms with Crippen molar-refractivity contribution in [3.8, 4) is 0 Å². The lowest BCUT2D eigenvalue weighted by Crippen LogP contribution is -2.15. The highest BCUT2D eigenvalue weighted by Gasteiger charge is 2.04. The molecule has 0 atom stereocenters. The fraction of sp³-hybridized carbons (Fsp3) is 0.417. The van der Waals surface area contributed by atoms with E-state index >= 15 is 0 Å². The summed E-state index contributed by atoms with van der Waals surface area (Å²) in [5.74, 6) is 0.0215. The number of anilines is 1. The van der Waals surface area contributed by atoms with Gasteiger partial charge >= 0.3 is 0 Å². The first-order valence-electron chi connectivity index (χ1n) is 5.45. The molecule has 1 rings (SSSR count). The number of benzene rings is 1. The maximum absolute atomic E-state index is 11.6. The summed E-state index contributed by atoms with van der Waals surface area (Å²) in [6, 6.07) is 5.56. The molecule has 1 aromatic carbocycles. The van der Waals surface area contributed by atoms with Crippen molar-refractivity contribution in [1.82, 2.24) is 5.32 Å². The monoisotopic (exact) mass is 308 g/mol. The van der Waals surface area contributed by atoms with E-state index in [2.05, 4.69) is 10.6 Å². The quantitative estimate of drug-likeness (QED) is 0.625. The molecule has 0 saturated carbocycles. The minimum Gasteiger partial charge on any atom is -0.326 e. The largest absolute Gasteiger partial charge is 0.326 e. The van der Waals surface area contributed by atoms with Crippen LogP contribution in [0.4, 0.5) is 5.69 Å². The zero-order valence-corrected chi connectivity index (χ0v) is 12.8. The van der Waals surface area contributed by atoms with Crippen molar-refractivity contribution in [2.75, 3.05) is 25.2 Å². The lowest BCUT2D eigenvalue weighted by atomic mass is 10.2. The topological polar surface area (TPSA) is 41.1 Å². The van der Waals surface area contributed by atoms with Gasteiger partial charge in [-0.1, -0.05) is 11.6 Å². The Hall–Kier alpha value is -0.420. The highest BCUT2D eigenvalue weighted by Crippen LogP contribution is 2.27. The zero-order chi connectivity index (χ0) is 12.7. The zero-order valence-electron chi connectivity index (χ0n) is 10.5. The van der Waals surface area contributed by atoms with E-state index in [1.807, 2.05) is 25.4 Å². The summed E-state index contributed by atoms with van der Waals surface area (Å²) in [6.45, 7) is 0.847. The average molecular weight is 309 g/mol. The molecule has 0 aromatic heterocycles. The average Bonchev–Trinajstić information content (AvgIpc) is 2.29. The Labute approximate surface area is 123 Å². The van der Waals surface area contributed by atoms with Crippen LogP contribution in [0.2, 0.25) is 5.02 Å². The van der Waals surface area contributed by atoms with Crippen LogP contribution >= 0.6 is 35.8 Å². The summed E-state index contributed by atoms with van der Waals surface area (Å²) in [4.78, 5) is 12.6. The fourth-order valence-electron chi connectivity index (χ4n) is 1.39. The number of hydrogen-bond donors (Lipinski definition) is 2. The van der Waals surface area contributed by atoms with E-state index in [0.29, 0.717) is 11.4 Å². The van der Waals surface area contributed by atoms with Crippen molar-refractivity contribution < 1.29 is 4.79 Å². The number of carbonyl (C=O) groups excluding carboxylic acids is 1. The van der Waals surface area contributed by atoms with Gasteiger partial charge < -0.3 is 10.6 Å². The van der Waals surface area contributed by atoms with Crippen LogP contribution in [-0.4, -0.2) is 25.8 Å². The Morgan fingerprint density at radius 3 is 2.72 bits per heavy atom. The molecule has 0 aliphatic carbocycles. The van der Waals surface area contributed by atoms with Crippen LogP contribution in [-0.2, 0) is 4.79 Å². The number of nitrogens with one attached hydrogen (secondary N) is 2. The molecule has 1 aromatic rings. The van der Waals surface area contributed by atoms with Crippen LogP contribution in [0.3, 0.4) is 0 Å². The standard InChI is InChI=1S/C12H17ClN2OS.ClH/c1-14-7-3-4-12(16)15-9-5-6-11(17-2)10(13)8-9;/h5-6,8,14H,3-4,7H2,1-2H3,(H,15,16);1H. The van der Waals surface area contributed by atoms with Gasteiger partial charge in [0.1, 0.15) is 0 Å². The summed E-state index contributed by atoms with van der Waals surface area (Å²) in [6.07, 6.45) is 3.32. The first kappa shape index (κ1) is 17.6. The van der Waals surface area contributed by atoms with Crippen molar-refractivity contribution in [2.24, 2.45) is 0 Å². The van der Waals surface area contributed by atoms with Crippen molar-refractivity contribution in [3.05, 3.63) is 23.2 Å². The number of halogens is 2. The molecule has 0 heterocycles. The molecule has 6 heteroatoms. The number of thioether (sulfide) groups is 1. The van der Waals surface area contributed by atoms with Gasteiger partial charge in [0.15, 0.2) is 0 Å². The number of rotatable bonds is 6. The Morgan fingerprint density at radius 1 is 1.44 bits per heavy atom. The lowest BCUT2D eigenvalue weighted by molar-refractivity contribution is -0.116. The molecule has 0 aliphatic heterocycles. The smallest absolute Gasteiger partial charge is 0.224 e. The third-order valence-electron chi connectivity index (χ3n) is 2.27. The van der Waals surface area contributed by atoms with Crippen LogP contribution in [0.5, 0.6) is 0 Å². The van der Waals surface area contributed by atoms with E-state index in [9.17, 15) is 4.79 Å². The van der Waals surface area contributed by atoms with Crippen LogP contribution < -0.4 is 10.6 Å². The molecule has 0 spiro atoms. The summed E-state index contributed by atoms with van der Waals surface area (Å²) in [7, 11) is 1.87. The molecule has 0 saturated heterocycles. The highest BCUT2D eigenvalue weighted by molar-refractivity contribution is 7.98. The van der Waals surface area contributed by atoms with Gasteiger partial charge in [0.05, 0.1) is 5.02 Å². The van der Waals surface area contributed by atoms with Crippen molar-refractivity contribution >= 4 is 47.4 Å². The van der Waals surface area contributed by atoms with Crippen molar-refractivity contribution in [2.45, 2.75) is 17.7 Å². The van der Waals surface area contributed by atoms with Gasteiger partial charge in [-0.25, -0.2) is 0 Å². The summed E-state index contributed by atoms with van der Waals surface area (Å²) in [5, 5.41) is 6.51. The highest BCUT2D eigenvalue weighted by atomic mass is 35.5. The van der Waals surface area contributed by atoms with E-state index < -0.39 is 0 Å². The van der Waals surface area contributed by atoms with Gasteiger partial charge in [-0.3, -0.25) is 4.79 Å². The van der Waals surface area contributed by atoms with Crippen LogP contribution in [0.15, 0.2) is 23.1 Å². The van der Waals surface area contributed by atoms with Crippen LogP contribution in [0.25, 0.3) is 0 Å². The predicted molar refractivity (Wildman–Crippen MR) is 82.3 cm³/mol. The van der Waals surface area contributed by atoms with Crippen LogP contribution in [0.1, 0.15) is 12.8 Å². The van der Waals surface area contributed by atoms with Gasteiger partial charge in [0.2, 0.25) is 5.91 Å². The minimum absolute atomic E-state index is 0. The normalized spacial score (nSPS) is 9.72. The number of hydrogen-bond acceptors (Lipinski definition) is 3. The Bertz CT molecular complexity index is 388. The lowest BCUT2D eigenvalue weighted by Gasteiger charge is -2.07. The summed E-state index contributed by atoms with van der Waals surface area (Å²) < 4.78 is 0. The van der Waals surface area contributed by atoms with Gasteiger partial charge in [0.25, 0.3) is 0 Å². The van der Waals surface area contributed by atoms with E-state index in [4.69, 9.17) is 11.6 Å². The fourth-order valence-corrected chi connectivity index (χ4v) is 2.26. The van der Waals surface area contributed by atoms with E-state index in [1.165, 1.54) is 0 Å². The molecular formula is C12H18Cl2N2OS. The molecule has 0 unspecified atom stereocenters. The summed E-state index contributed by atoms with van der Waals surface area (Å²) >= 11 is 7.64. The van der Waals surface area contributed by atoms with Crippen molar-refractivity contribution in [3.63, 3.8) is 0 Å². The Morgan fingerprint density at radius 2 is 2.17 bits per heavy atom. The molecule has 3 nitrogen and oxygen atoms in total. The first-order valence-corrected chi connectivity index (χ1v) is 7.05. The maximum Gasteiger partial charge on any atom is 0.224 e. The Kier molecular flexibility index (Phi) is 9.28. The van der Waals surface area contributed by atoms with Gasteiger partial charge in [-0.2, -0.15) is 0 Å². The van der Waals surface area contributed by atoms with E-state index in [1.54, 1.807) is 17.8 Å². The predicted octanol–water partition coefficient (Wildman–Crippen LogP) is 3.42. The van der Waals surface area contributed by atoms with Crippen LogP contribution in [0, 0.1) is 0 Å². The minimum atomic E-state index is 0. The van der Waals surface area contributed by atoms with E-state index in [-0.39, 0.29) is 18.3 Å². The molecule has 102 valence electrons. The Balaban J connectivity index is 0.00000289. The molecule has 18 heavy (non-hydrogen) atoms. The summed E-state index contributed by atoms with van der Waals surface area (Å²) in [5.41, 5.74) is 0.752. The second kappa shape index (κ2) is 9.50. The van der Waals surface area contributed by atoms with Crippen molar-refractivity contribution in [1.29, 1.82) is 0 Å². The molecular weight excluding hydrogens is 291 g/mol. The SMILES string of the molecule is CNCCCC(=O)Nc1ccc(SC)c(Cl)c1.Cl. The van der Waals surface area contributed by atoms with Gasteiger partial charge in [0, 0.05) is 17.0 Å². The third kappa shape index (κ3) is 5.96. The second-order valence-electron chi connectivity index (χ2n) is 3.60. The molecule has 0 radical (unpaired) electrons.